The van der Waals surface area contributed by atoms with E-state index in [-0.39, 0.29) is 13.0 Å². The van der Waals surface area contributed by atoms with E-state index < -0.39 is 17.9 Å². The Morgan fingerprint density at radius 2 is 2.10 bits per heavy atom. The molecule has 0 saturated carbocycles. The van der Waals surface area contributed by atoms with Gasteiger partial charge in [0.05, 0.1) is 0 Å². The summed E-state index contributed by atoms with van der Waals surface area (Å²) in [6, 6.07) is 6.68. The molecule has 0 heterocycles. The maximum Gasteiger partial charge on any atom is 0.326 e. The topological polar surface area (TPSA) is 75.6 Å². The summed E-state index contributed by atoms with van der Waals surface area (Å²) in [4.78, 5) is 22.7. The number of carbonyl (C=O) groups excluding carboxylic acids is 1. The zero-order valence-electron chi connectivity index (χ0n) is 11.6. The number of rotatable bonds is 7. The van der Waals surface area contributed by atoms with Crippen molar-refractivity contribution in [1.82, 2.24) is 5.32 Å². The zero-order chi connectivity index (χ0) is 15.0. The van der Waals surface area contributed by atoms with Crippen molar-refractivity contribution in [2.75, 3.05) is 13.7 Å². The number of hydrogen-bond donors (Lipinski definition) is 2. The van der Waals surface area contributed by atoms with Crippen molar-refractivity contribution in [3.63, 3.8) is 0 Å². The standard InChI is InChI=1S/C15H19NO4/c1-11-5-3-4-6-12(11)7-8-14(17)16-13(15(18)19)9-10-20-2/h3-8,13H,9-10H2,1-2H3,(H,16,17)(H,18,19). The van der Waals surface area contributed by atoms with Gasteiger partial charge >= 0.3 is 5.97 Å². The second-order valence-corrected chi connectivity index (χ2v) is 4.37. The normalized spacial score (nSPS) is 12.3. The molecular weight excluding hydrogens is 258 g/mol. The van der Waals surface area contributed by atoms with Crippen LogP contribution in [0, 0.1) is 6.92 Å². The van der Waals surface area contributed by atoms with Crippen molar-refractivity contribution in [3.8, 4) is 0 Å². The molecule has 5 nitrogen and oxygen atoms in total. The third kappa shape index (κ3) is 5.24. The first-order valence-electron chi connectivity index (χ1n) is 6.30. The second kappa shape index (κ2) is 8.12. The van der Waals surface area contributed by atoms with Gasteiger partial charge in [0.2, 0.25) is 5.91 Å². The summed E-state index contributed by atoms with van der Waals surface area (Å²) in [7, 11) is 1.48. The predicted molar refractivity (Wildman–Crippen MR) is 76.3 cm³/mol. The maximum atomic E-state index is 11.7. The number of carboxylic acids is 1. The molecule has 1 aromatic carbocycles. The lowest BCUT2D eigenvalue weighted by Gasteiger charge is -2.12. The van der Waals surface area contributed by atoms with E-state index in [0.29, 0.717) is 0 Å². The second-order valence-electron chi connectivity index (χ2n) is 4.37. The number of carbonyl (C=O) groups is 2. The third-order valence-electron chi connectivity index (χ3n) is 2.83. The molecule has 1 amide bonds. The van der Waals surface area contributed by atoms with Crippen molar-refractivity contribution >= 4 is 18.0 Å². The molecule has 5 heteroatoms. The smallest absolute Gasteiger partial charge is 0.326 e. The van der Waals surface area contributed by atoms with Crippen LogP contribution in [0.3, 0.4) is 0 Å². The molecule has 1 atom stereocenters. The highest BCUT2D eigenvalue weighted by Crippen LogP contribution is 2.08. The first-order chi connectivity index (χ1) is 9.54. The average Bonchev–Trinajstić information content (AvgIpc) is 2.42. The fraction of sp³-hybridized carbons (Fsp3) is 0.333. The lowest BCUT2D eigenvalue weighted by molar-refractivity contribution is -0.141. The van der Waals surface area contributed by atoms with Gasteiger partial charge < -0.3 is 15.2 Å². The molecule has 0 aromatic heterocycles. The molecule has 1 aromatic rings. The molecule has 0 aliphatic carbocycles. The number of aryl methyl sites for hydroxylation is 1. The van der Waals surface area contributed by atoms with E-state index in [0.717, 1.165) is 11.1 Å². The quantitative estimate of drug-likeness (QED) is 0.742. The number of carboxylic acid groups (broad SMARTS) is 1. The molecule has 0 bridgehead atoms. The summed E-state index contributed by atoms with van der Waals surface area (Å²) >= 11 is 0. The minimum atomic E-state index is -1.07. The van der Waals surface area contributed by atoms with E-state index in [2.05, 4.69) is 5.32 Å². The fourth-order valence-corrected chi connectivity index (χ4v) is 1.65. The van der Waals surface area contributed by atoms with Crippen LogP contribution in [0.1, 0.15) is 17.5 Å². The van der Waals surface area contributed by atoms with Crippen LogP contribution in [-0.4, -0.2) is 36.7 Å². The summed E-state index contributed by atoms with van der Waals surface area (Å²) in [5, 5.41) is 11.4. The number of methoxy groups -OCH3 is 1. The van der Waals surface area contributed by atoms with Crippen LogP contribution in [0.5, 0.6) is 0 Å². The van der Waals surface area contributed by atoms with Crippen LogP contribution < -0.4 is 5.32 Å². The number of hydrogen-bond acceptors (Lipinski definition) is 3. The molecule has 0 fully saturated rings. The minimum Gasteiger partial charge on any atom is -0.480 e. The largest absolute Gasteiger partial charge is 0.480 e. The van der Waals surface area contributed by atoms with Gasteiger partial charge in [0.25, 0.3) is 0 Å². The van der Waals surface area contributed by atoms with Gasteiger partial charge in [-0.2, -0.15) is 0 Å². The third-order valence-corrected chi connectivity index (χ3v) is 2.83. The summed E-state index contributed by atoms with van der Waals surface area (Å²) < 4.78 is 4.82. The highest BCUT2D eigenvalue weighted by atomic mass is 16.5. The lowest BCUT2D eigenvalue weighted by Crippen LogP contribution is -2.40. The van der Waals surface area contributed by atoms with Crippen LogP contribution in [0.2, 0.25) is 0 Å². The zero-order valence-corrected chi connectivity index (χ0v) is 11.6. The Hall–Kier alpha value is -2.14. The van der Waals surface area contributed by atoms with Gasteiger partial charge in [-0.1, -0.05) is 24.3 Å². The highest BCUT2D eigenvalue weighted by molar-refractivity contribution is 5.94. The van der Waals surface area contributed by atoms with E-state index in [9.17, 15) is 9.59 Å². The fourth-order valence-electron chi connectivity index (χ4n) is 1.65. The number of nitrogens with one attached hydrogen (secondary N) is 1. The highest BCUT2D eigenvalue weighted by Gasteiger charge is 2.18. The first kappa shape index (κ1) is 15.9. The van der Waals surface area contributed by atoms with Gasteiger partial charge in [-0.05, 0) is 24.1 Å². The molecule has 2 N–H and O–H groups in total. The maximum absolute atomic E-state index is 11.7. The summed E-state index contributed by atoms with van der Waals surface area (Å²) in [5.74, 6) is -1.50. The average molecular weight is 277 g/mol. The van der Waals surface area contributed by atoms with Gasteiger partial charge in [0.1, 0.15) is 6.04 Å². The Bertz CT molecular complexity index is 496. The molecule has 0 aliphatic rings. The lowest BCUT2D eigenvalue weighted by atomic mass is 10.1. The van der Waals surface area contributed by atoms with Crippen LogP contribution in [0.4, 0.5) is 0 Å². The van der Waals surface area contributed by atoms with Gasteiger partial charge in [-0.25, -0.2) is 4.79 Å². The van der Waals surface area contributed by atoms with Crippen LogP contribution in [0.25, 0.3) is 6.08 Å². The molecule has 1 unspecified atom stereocenters. The Morgan fingerprint density at radius 3 is 2.70 bits per heavy atom. The van der Waals surface area contributed by atoms with Crippen molar-refractivity contribution in [1.29, 1.82) is 0 Å². The summed E-state index contributed by atoms with van der Waals surface area (Å²) in [5.41, 5.74) is 1.97. The van der Waals surface area contributed by atoms with E-state index >= 15 is 0 Å². The van der Waals surface area contributed by atoms with Crippen molar-refractivity contribution in [2.45, 2.75) is 19.4 Å². The SMILES string of the molecule is COCCC(NC(=O)C=Cc1ccccc1C)C(=O)O. The summed E-state index contributed by atoms with van der Waals surface area (Å²) in [6.45, 7) is 2.22. The monoisotopic (exact) mass is 277 g/mol. The van der Waals surface area contributed by atoms with E-state index in [1.165, 1.54) is 13.2 Å². The van der Waals surface area contributed by atoms with E-state index in [1.807, 2.05) is 31.2 Å². The van der Waals surface area contributed by atoms with Crippen molar-refractivity contribution in [3.05, 3.63) is 41.5 Å². The number of benzene rings is 1. The van der Waals surface area contributed by atoms with Crippen molar-refractivity contribution in [2.24, 2.45) is 0 Å². The van der Waals surface area contributed by atoms with Crippen LogP contribution in [0.15, 0.2) is 30.3 Å². The predicted octanol–water partition coefficient (Wildman–Crippen LogP) is 1.61. The van der Waals surface area contributed by atoms with E-state index in [4.69, 9.17) is 9.84 Å². The van der Waals surface area contributed by atoms with E-state index in [1.54, 1.807) is 6.08 Å². The van der Waals surface area contributed by atoms with Gasteiger partial charge in [-0.3, -0.25) is 4.79 Å². The minimum absolute atomic E-state index is 0.232. The Morgan fingerprint density at radius 1 is 1.40 bits per heavy atom. The van der Waals surface area contributed by atoms with Gasteiger partial charge in [0.15, 0.2) is 0 Å². The molecule has 108 valence electrons. The van der Waals surface area contributed by atoms with Crippen LogP contribution in [-0.2, 0) is 14.3 Å². The first-order valence-corrected chi connectivity index (χ1v) is 6.30. The number of amides is 1. The molecule has 1 rings (SSSR count). The Balaban J connectivity index is 2.61. The molecule has 0 spiro atoms. The van der Waals surface area contributed by atoms with Crippen LogP contribution >= 0.6 is 0 Å². The molecule has 20 heavy (non-hydrogen) atoms. The Labute approximate surface area is 118 Å². The van der Waals surface area contributed by atoms with Gasteiger partial charge in [-0.15, -0.1) is 0 Å². The van der Waals surface area contributed by atoms with Crippen molar-refractivity contribution < 1.29 is 19.4 Å². The molecule has 0 radical (unpaired) electrons. The van der Waals surface area contributed by atoms with Gasteiger partial charge in [0, 0.05) is 26.2 Å². The molecular formula is C15H19NO4. The number of ether oxygens (including phenoxy) is 1. The molecule has 0 aliphatic heterocycles. The molecule has 0 saturated heterocycles. The number of aliphatic carboxylic acids is 1. The Kier molecular flexibility index (Phi) is 6.46. The summed E-state index contributed by atoms with van der Waals surface area (Å²) in [6.07, 6.45) is 3.24.